The van der Waals surface area contributed by atoms with E-state index in [2.05, 4.69) is 11.1 Å². The molecule has 72 heavy (non-hydrogen) atoms. The molecule has 3 rings (SSSR count). The average Bonchev–Trinajstić information content (AvgIpc) is 3.30. The number of methoxy groups -OCH3 is 1. The van der Waals surface area contributed by atoms with Crippen LogP contribution in [-0.2, 0) is 62.1 Å². The van der Waals surface area contributed by atoms with Gasteiger partial charge in [-0.3, -0.25) is 18.9 Å². The maximum Gasteiger partial charge on any atom is 0.397 e. The smallest absolute Gasteiger partial charge is 0.397 e. The standard InChI is InChI=1S/C40H71NO14.C12H26O4S/c1-15-27-40(11,48)33(44)22(5)30(43)20(3)18-38(9,47)35(55-37-32(53-28(42)16-2)26(41(12)13)17-21(4)50-37)23(6)31(24(7)36(46)52-27)54-29-19-39(10,49-14)34(45)25(8)51-29;1-2-3-4-5-6-7-8-9-10-11-12-16-17(13,14)15/h20-27,29,31-35,37,44-45,47-48H,15-19H2,1-14H3;2-12H2,1H3,(H,13,14,15)/t20-,21-,22+,23+,24-,25+,26+,27?,29+,31?,32-,33-,34+,35-,37+,38-,39-,40-;/m0./s1. The van der Waals surface area contributed by atoms with E-state index in [4.69, 9.17) is 37.7 Å². The van der Waals surface area contributed by atoms with Gasteiger partial charge in [-0.25, -0.2) is 4.18 Å². The molecule has 3 heterocycles. The molecule has 0 radical (unpaired) electrons. The number of likely N-dealkylation sites (N-methyl/N-ethyl adjacent to an activating group) is 1. The second kappa shape index (κ2) is 30.1. The highest BCUT2D eigenvalue weighted by Gasteiger charge is 2.54. The van der Waals surface area contributed by atoms with Crippen molar-refractivity contribution < 1.29 is 85.1 Å². The summed E-state index contributed by atoms with van der Waals surface area (Å²) in [7, 11) is 0.973. The van der Waals surface area contributed by atoms with Crippen LogP contribution in [0, 0.1) is 23.7 Å². The molecule has 3 fully saturated rings. The van der Waals surface area contributed by atoms with Gasteiger partial charge in [0.2, 0.25) is 0 Å². The molecule has 0 bridgehead atoms. The fraction of sp³-hybridized carbons (Fsp3) is 0.942. The lowest BCUT2D eigenvalue weighted by Crippen LogP contribution is -2.61. The number of aliphatic hydroxyl groups excluding tert-OH is 2. The first-order chi connectivity index (χ1) is 33.4. The van der Waals surface area contributed by atoms with Crippen molar-refractivity contribution in [1.82, 2.24) is 4.90 Å². The second-order valence-electron chi connectivity index (χ2n) is 21.7. The third-order valence-electron chi connectivity index (χ3n) is 15.1. The summed E-state index contributed by atoms with van der Waals surface area (Å²) in [5, 5.41) is 46.6. The highest BCUT2D eigenvalue weighted by atomic mass is 32.3. The number of rotatable bonds is 21. The predicted molar refractivity (Wildman–Crippen MR) is 270 cm³/mol. The van der Waals surface area contributed by atoms with Crippen LogP contribution in [0.3, 0.4) is 0 Å². The van der Waals surface area contributed by atoms with Gasteiger partial charge in [0.1, 0.15) is 23.6 Å². The number of nitrogens with zero attached hydrogens (tertiary/aromatic N) is 1. The van der Waals surface area contributed by atoms with E-state index < -0.39 is 124 Å². The Kier molecular flexibility index (Phi) is 27.7. The van der Waals surface area contributed by atoms with Crippen LogP contribution in [0.2, 0.25) is 0 Å². The van der Waals surface area contributed by atoms with Crippen molar-refractivity contribution in [3.63, 3.8) is 0 Å². The summed E-state index contributed by atoms with van der Waals surface area (Å²) in [5.41, 5.74) is -4.92. The molecule has 0 aliphatic carbocycles. The van der Waals surface area contributed by atoms with Crippen LogP contribution >= 0.6 is 0 Å². The Hall–Kier alpha value is -1.92. The summed E-state index contributed by atoms with van der Waals surface area (Å²) in [4.78, 5) is 42.9. The van der Waals surface area contributed by atoms with Gasteiger partial charge in [0, 0.05) is 37.7 Å². The molecule has 424 valence electrons. The first-order valence-electron chi connectivity index (χ1n) is 26.6. The van der Waals surface area contributed by atoms with Gasteiger partial charge < -0.3 is 58.5 Å². The molecular weight excluding hydrogens is 959 g/mol. The van der Waals surface area contributed by atoms with Crippen molar-refractivity contribution in [2.75, 3.05) is 27.8 Å². The van der Waals surface area contributed by atoms with Crippen LogP contribution in [0.4, 0.5) is 0 Å². The van der Waals surface area contributed by atoms with E-state index in [0.717, 1.165) is 12.8 Å². The highest BCUT2D eigenvalue weighted by Crippen LogP contribution is 2.41. The summed E-state index contributed by atoms with van der Waals surface area (Å²) in [6, 6.07) is -0.319. The van der Waals surface area contributed by atoms with Crippen LogP contribution in [0.25, 0.3) is 0 Å². The number of carbonyl (C=O) groups excluding carboxylic acids is 3. The van der Waals surface area contributed by atoms with E-state index in [1.165, 1.54) is 72.8 Å². The number of unbranched alkanes of at least 4 members (excludes halogenated alkanes) is 9. The highest BCUT2D eigenvalue weighted by molar-refractivity contribution is 7.80. The van der Waals surface area contributed by atoms with Crippen LogP contribution in [-0.4, -0.2) is 168 Å². The Morgan fingerprint density at radius 2 is 1.36 bits per heavy atom. The quantitative estimate of drug-likeness (QED) is 0.0468. The topological polar surface area (TPSA) is 264 Å². The van der Waals surface area contributed by atoms with Crippen molar-refractivity contribution in [2.24, 2.45) is 23.7 Å². The van der Waals surface area contributed by atoms with Crippen molar-refractivity contribution in [1.29, 1.82) is 0 Å². The van der Waals surface area contributed by atoms with E-state index in [0.29, 0.717) is 12.8 Å². The van der Waals surface area contributed by atoms with E-state index in [1.54, 1.807) is 48.5 Å². The fourth-order valence-corrected chi connectivity index (χ4v) is 10.8. The Labute approximate surface area is 432 Å². The maximum absolute atomic E-state index is 14.2. The third-order valence-corrected chi connectivity index (χ3v) is 15.5. The minimum absolute atomic E-state index is 0.0760. The van der Waals surface area contributed by atoms with Gasteiger partial charge in [0.15, 0.2) is 18.7 Å². The van der Waals surface area contributed by atoms with Crippen LogP contribution < -0.4 is 0 Å². The Morgan fingerprint density at radius 1 is 0.792 bits per heavy atom. The van der Waals surface area contributed by atoms with Gasteiger partial charge in [0.25, 0.3) is 0 Å². The summed E-state index contributed by atoms with van der Waals surface area (Å²) in [6.45, 7) is 20.3. The van der Waals surface area contributed by atoms with Crippen LogP contribution in [0.15, 0.2) is 0 Å². The number of carbonyl (C=O) groups is 3. The molecule has 18 atom stereocenters. The first-order valence-corrected chi connectivity index (χ1v) is 28.0. The third kappa shape index (κ3) is 19.6. The molecule has 0 aromatic carbocycles. The van der Waals surface area contributed by atoms with Gasteiger partial charge in [-0.05, 0) is 81.3 Å². The minimum Gasteiger partial charge on any atom is -0.459 e. The summed E-state index contributed by atoms with van der Waals surface area (Å²) >= 11 is 0. The van der Waals surface area contributed by atoms with Crippen molar-refractivity contribution in [2.45, 2.75) is 264 Å². The fourth-order valence-electron chi connectivity index (χ4n) is 10.5. The molecule has 19 nitrogen and oxygen atoms in total. The molecule has 3 aliphatic rings. The number of ketones is 1. The molecule has 0 aromatic heterocycles. The molecule has 20 heteroatoms. The van der Waals surface area contributed by atoms with Gasteiger partial charge in [-0.2, -0.15) is 8.42 Å². The number of hydrogen-bond acceptors (Lipinski definition) is 18. The van der Waals surface area contributed by atoms with Crippen molar-refractivity contribution in [3.05, 3.63) is 0 Å². The average molecular weight is 1060 g/mol. The van der Waals surface area contributed by atoms with E-state index in [9.17, 15) is 43.2 Å². The first kappa shape index (κ1) is 66.2. The molecule has 0 spiro atoms. The number of Topliss-reactive ketones (excluding diaryl/α,β-unsaturated/α-hetero) is 1. The largest absolute Gasteiger partial charge is 0.459 e. The molecule has 3 saturated heterocycles. The molecule has 5 N–H and O–H groups in total. The zero-order valence-corrected chi connectivity index (χ0v) is 47.2. The van der Waals surface area contributed by atoms with Crippen molar-refractivity contribution >= 4 is 28.1 Å². The molecule has 2 unspecified atom stereocenters. The zero-order valence-electron chi connectivity index (χ0n) is 46.4. The minimum atomic E-state index is -4.23. The van der Waals surface area contributed by atoms with E-state index in [1.807, 2.05) is 25.9 Å². The van der Waals surface area contributed by atoms with Gasteiger partial charge in [0.05, 0.1) is 60.3 Å². The van der Waals surface area contributed by atoms with Gasteiger partial charge in [-0.1, -0.05) is 99.3 Å². The van der Waals surface area contributed by atoms with Gasteiger partial charge >= 0.3 is 22.3 Å². The Bertz CT molecular complexity index is 1730. The summed E-state index contributed by atoms with van der Waals surface area (Å²) < 4.78 is 76.6. The Balaban J connectivity index is 0.000000887. The lowest BCUT2D eigenvalue weighted by atomic mass is 9.74. The number of hydrogen-bond donors (Lipinski definition) is 5. The molecule has 0 aromatic rings. The van der Waals surface area contributed by atoms with E-state index in [-0.39, 0.29) is 44.4 Å². The molecule has 0 amide bonds. The second-order valence-corrected chi connectivity index (χ2v) is 22.8. The van der Waals surface area contributed by atoms with Crippen LogP contribution in [0.5, 0.6) is 0 Å². The van der Waals surface area contributed by atoms with Crippen LogP contribution in [0.1, 0.15) is 179 Å². The number of ether oxygens (including phenoxy) is 7. The lowest BCUT2D eigenvalue weighted by molar-refractivity contribution is -0.319. The Morgan fingerprint density at radius 3 is 1.88 bits per heavy atom. The molecule has 0 saturated carbocycles. The molecule has 3 aliphatic heterocycles. The number of aliphatic hydroxyl groups is 4. The lowest BCUT2D eigenvalue weighted by Gasteiger charge is -2.49. The normalized spacial score (nSPS) is 38.6. The SMILES string of the molecule is CCC(=O)O[C@@H]1[C@@H](O[C@H]2[C@H](C)C(O[C@@H]3C[C@](C)(OC)[C@H](O)[C@@H](C)O3)[C@H](C)C(=O)OC(CC)[C@](C)(O)[C@@H](O)[C@H](C)C(=O)[C@@H](C)C[C@]2(C)O)O[C@@H](C)C[C@H]1N(C)C.CCCCCCCCCCCCOS(=O)(=O)O. The predicted octanol–water partition coefficient (Wildman–Crippen LogP) is 6.47. The van der Waals surface area contributed by atoms with Gasteiger partial charge in [-0.15, -0.1) is 0 Å². The maximum atomic E-state index is 14.2. The number of cyclic esters (lactones) is 1. The number of esters is 2. The molecular formula is C52H97NO18S. The monoisotopic (exact) mass is 1060 g/mol. The zero-order chi connectivity index (χ0) is 54.9. The van der Waals surface area contributed by atoms with Crippen molar-refractivity contribution in [3.8, 4) is 0 Å². The summed E-state index contributed by atoms with van der Waals surface area (Å²) in [5.74, 6) is -5.59. The van der Waals surface area contributed by atoms with E-state index >= 15 is 0 Å². The summed E-state index contributed by atoms with van der Waals surface area (Å²) in [6.07, 6.45) is 2.17.